The van der Waals surface area contributed by atoms with E-state index in [4.69, 9.17) is 5.73 Å². The zero-order chi connectivity index (χ0) is 13.1. The molecule has 0 saturated carbocycles. The van der Waals surface area contributed by atoms with Gasteiger partial charge in [0.2, 0.25) is 9.84 Å². The second kappa shape index (κ2) is 5.52. The van der Waals surface area contributed by atoms with Crippen LogP contribution in [0.25, 0.3) is 0 Å². The summed E-state index contributed by atoms with van der Waals surface area (Å²) in [5.41, 5.74) is 5.15. The van der Waals surface area contributed by atoms with Gasteiger partial charge < -0.3 is 11.1 Å². The van der Waals surface area contributed by atoms with E-state index in [1.807, 2.05) is 0 Å². The van der Waals surface area contributed by atoms with E-state index in [1.54, 1.807) is 0 Å². The standard InChI is InChI=1S/C8H10F2N2O3S2/c9-8(10)17(14,15)5-1-4-16-6(5)7(13)12-3-2-11/h1,4,8H,2-3,11H2,(H,12,13). The molecule has 0 aliphatic rings. The Balaban J connectivity index is 3.06. The third kappa shape index (κ3) is 2.99. The summed E-state index contributed by atoms with van der Waals surface area (Å²) in [6.45, 7) is 0.318. The molecular weight excluding hydrogens is 274 g/mol. The highest BCUT2D eigenvalue weighted by Gasteiger charge is 2.31. The number of hydrogen-bond acceptors (Lipinski definition) is 5. The van der Waals surface area contributed by atoms with Crippen LogP contribution in [0.5, 0.6) is 0 Å². The van der Waals surface area contributed by atoms with Crippen molar-refractivity contribution in [2.75, 3.05) is 13.1 Å². The molecule has 0 bridgehead atoms. The molecule has 0 saturated heterocycles. The van der Waals surface area contributed by atoms with Crippen LogP contribution in [0.3, 0.4) is 0 Å². The maximum atomic E-state index is 12.3. The minimum absolute atomic E-state index is 0.144. The summed E-state index contributed by atoms with van der Waals surface area (Å²) in [7, 11) is -4.75. The van der Waals surface area contributed by atoms with E-state index in [0.29, 0.717) is 0 Å². The van der Waals surface area contributed by atoms with Gasteiger partial charge >= 0.3 is 5.76 Å². The van der Waals surface area contributed by atoms with E-state index in [-0.39, 0.29) is 18.0 Å². The van der Waals surface area contributed by atoms with Gasteiger partial charge in [-0.3, -0.25) is 4.79 Å². The van der Waals surface area contributed by atoms with Gasteiger partial charge in [-0.25, -0.2) is 8.42 Å². The topological polar surface area (TPSA) is 89.3 Å². The summed E-state index contributed by atoms with van der Waals surface area (Å²) in [6.07, 6.45) is 0. The summed E-state index contributed by atoms with van der Waals surface area (Å²) in [5, 5.41) is 3.59. The summed E-state index contributed by atoms with van der Waals surface area (Å²) in [6, 6.07) is 0.990. The minimum atomic E-state index is -4.75. The van der Waals surface area contributed by atoms with Gasteiger partial charge in [-0.15, -0.1) is 11.3 Å². The van der Waals surface area contributed by atoms with Crippen LogP contribution in [0.4, 0.5) is 8.78 Å². The van der Waals surface area contributed by atoms with Crippen LogP contribution < -0.4 is 11.1 Å². The van der Waals surface area contributed by atoms with Gasteiger partial charge in [0.05, 0.1) is 4.90 Å². The first-order valence-corrected chi connectivity index (χ1v) is 6.91. The number of nitrogens with two attached hydrogens (primary N) is 1. The molecule has 0 aliphatic heterocycles. The van der Waals surface area contributed by atoms with Crippen molar-refractivity contribution >= 4 is 27.1 Å². The second-order valence-electron chi connectivity index (χ2n) is 2.96. The molecular formula is C8H10F2N2O3S2. The predicted octanol–water partition coefficient (Wildman–Crippen LogP) is 0.433. The normalized spacial score (nSPS) is 11.8. The molecule has 17 heavy (non-hydrogen) atoms. The molecule has 1 rings (SSSR count). The van der Waals surface area contributed by atoms with Gasteiger partial charge in [0, 0.05) is 13.1 Å². The smallest absolute Gasteiger partial charge is 0.341 e. The summed E-state index contributed by atoms with van der Waals surface area (Å²) < 4.78 is 47.2. The second-order valence-corrected chi connectivity index (χ2v) is 5.77. The van der Waals surface area contributed by atoms with Crippen LogP contribution in [-0.2, 0) is 9.84 Å². The van der Waals surface area contributed by atoms with Crippen LogP contribution in [0.2, 0.25) is 0 Å². The Morgan fingerprint density at radius 2 is 2.18 bits per heavy atom. The predicted molar refractivity (Wildman–Crippen MR) is 58.9 cm³/mol. The SMILES string of the molecule is NCCNC(=O)c1sccc1S(=O)(=O)C(F)F. The number of rotatable bonds is 5. The van der Waals surface area contributed by atoms with Crippen LogP contribution in [-0.4, -0.2) is 33.2 Å². The van der Waals surface area contributed by atoms with Gasteiger partial charge in [0.25, 0.3) is 5.91 Å². The monoisotopic (exact) mass is 284 g/mol. The highest BCUT2D eigenvalue weighted by Crippen LogP contribution is 2.26. The molecule has 0 aliphatic carbocycles. The quantitative estimate of drug-likeness (QED) is 0.820. The number of sulfone groups is 1. The first-order valence-electron chi connectivity index (χ1n) is 4.49. The van der Waals surface area contributed by atoms with Gasteiger partial charge in [-0.05, 0) is 11.4 Å². The van der Waals surface area contributed by atoms with Crippen molar-refractivity contribution in [3.63, 3.8) is 0 Å². The van der Waals surface area contributed by atoms with Crippen molar-refractivity contribution in [1.82, 2.24) is 5.32 Å². The van der Waals surface area contributed by atoms with Gasteiger partial charge in [0.15, 0.2) is 0 Å². The Labute approximate surface area is 101 Å². The fourth-order valence-corrected chi connectivity index (χ4v) is 3.13. The first-order chi connectivity index (χ1) is 7.91. The lowest BCUT2D eigenvalue weighted by atomic mass is 10.4. The van der Waals surface area contributed by atoms with E-state index in [2.05, 4.69) is 5.32 Å². The number of amides is 1. The Bertz CT molecular complexity index is 499. The lowest BCUT2D eigenvalue weighted by molar-refractivity contribution is 0.0956. The summed E-state index contributed by atoms with van der Waals surface area (Å²) in [4.78, 5) is 10.6. The lowest BCUT2D eigenvalue weighted by Gasteiger charge is -2.05. The molecule has 9 heteroatoms. The molecule has 1 heterocycles. The Morgan fingerprint density at radius 1 is 1.53 bits per heavy atom. The van der Waals surface area contributed by atoms with Crippen molar-refractivity contribution in [3.05, 3.63) is 16.3 Å². The van der Waals surface area contributed by atoms with Crippen molar-refractivity contribution < 1.29 is 22.0 Å². The Hall–Kier alpha value is -1.06. The summed E-state index contributed by atoms with van der Waals surface area (Å²) in [5.74, 6) is -4.26. The molecule has 0 radical (unpaired) electrons. The molecule has 5 nitrogen and oxygen atoms in total. The molecule has 0 spiro atoms. The third-order valence-corrected chi connectivity index (χ3v) is 4.27. The average Bonchev–Trinajstić information content (AvgIpc) is 2.74. The molecule has 0 aromatic carbocycles. The maximum Gasteiger partial charge on any atom is 0.341 e. The van der Waals surface area contributed by atoms with Gasteiger partial charge in [-0.1, -0.05) is 0 Å². The van der Waals surface area contributed by atoms with Crippen molar-refractivity contribution in [3.8, 4) is 0 Å². The van der Waals surface area contributed by atoms with Crippen molar-refractivity contribution in [2.24, 2.45) is 5.73 Å². The van der Waals surface area contributed by atoms with Crippen molar-refractivity contribution in [2.45, 2.75) is 10.7 Å². The van der Waals surface area contributed by atoms with E-state index < -0.39 is 26.4 Å². The molecule has 1 aromatic rings. The van der Waals surface area contributed by atoms with Crippen LogP contribution in [0.15, 0.2) is 16.3 Å². The number of carbonyl (C=O) groups excluding carboxylic acids is 1. The van der Waals surface area contributed by atoms with E-state index in [0.717, 1.165) is 17.4 Å². The van der Waals surface area contributed by atoms with Gasteiger partial charge in [0.1, 0.15) is 4.88 Å². The molecule has 1 amide bonds. The fourth-order valence-electron chi connectivity index (χ4n) is 1.05. The van der Waals surface area contributed by atoms with Crippen LogP contribution in [0, 0.1) is 0 Å². The van der Waals surface area contributed by atoms with E-state index >= 15 is 0 Å². The third-order valence-electron chi connectivity index (χ3n) is 1.81. The number of nitrogens with one attached hydrogen (secondary N) is 1. The molecule has 0 atom stereocenters. The van der Waals surface area contributed by atoms with E-state index in [9.17, 15) is 22.0 Å². The molecule has 1 aromatic heterocycles. The Kier molecular flexibility index (Phi) is 4.54. The number of halogens is 2. The zero-order valence-corrected chi connectivity index (χ0v) is 10.2. The largest absolute Gasteiger partial charge is 0.350 e. The van der Waals surface area contributed by atoms with Gasteiger partial charge in [-0.2, -0.15) is 8.78 Å². The Morgan fingerprint density at radius 3 is 2.71 bits per heavy atom. The lowest BCUT2D eigenvalue weighted by Crippen LogP contribution is -2.29. The molecule has 96 valence electrons. The first kappa shape index (κ1) is 14.0. The molecule has 0 fully saturated rings. The number of alkyl halides is 2. The van der Waals surface area contributed by atoms with Crippen molar-refractivity contribution in [1.29, 1.82) is 0 Å². The highest BCUT2D eigenvalue weighted by atomic mass is 32.2. The minimum Gasteiger partial charge on any atom is -0.350 e. The average molecular weight is 284 g/mol. The van der Waals surface area contributed by atoms with E-state index in [1.165, 1.54) is 5.38 Å². The fraction of sp³-hybridized carbons (Fsp3) is 0.375. The highest BCUT2D eigenvalue weighted by molar-refractivity contribution is 7.92. The number of thiophene rings is 1. The number of carbonyl (C=O) groups is 1. The van der Waals surface area contributed by atoms with Crippen LogP contribution >= 0.6 is 11.3 Å². The van der Waals surface area contributed by atoms with Crippen LogP contribution in [0.1, 0.15) is 9.67 Å². The molecule has 3 N–H and O–H groups in total. The molecule has 0 unspecified atom stereocenters. The zero-order valence-electron chi connectivity index (χ0n) is 8.52. The number of hydrogen-bond donors (Lipinski definition) is 2. The maximum absolute atomic E-state index is 12.3. The summed E-state index contributed by atoms with van der Waals surface area (Å²) >= 11 is 0.787.